The van der Waals surface area contributed by atoms with Crippen LogP contribution in [0.5, 0.6) is 0 Å². The van der Waals surface area contributed by atoms with Crippen LogP contribution >= 0.6 is 0 Å². The van der Waals surface area contributed by atoms with Gasteiger partial charge >= 0.3 is 0 Å². The second kappa shape index (κ2) is 1.35. The Morgan fingerprint density at radius 1 is 1.22 bits per heavy atom. The molecule has 2 nitrogen and oxygen atoms in total. The van der Waals surface area contributed by atoms with Gasteiger partial charge in [-0.3, -0.25) is 0 Å². The molecule has 0 saturated carbocycles. The van der Waals surface area contributed by atoms with Crippen LogP contribution in [0.15, 0.2) is 12.1 Å². The lowest BCUT2D eigenvalue weighted by Crippen LogP contribution is -1.97. The van der Waals surface area contributed by atoms with E-state index in [0.29, 0.717) is 5.82 Å². The first-order valence-corrected chi connectivity index (χ1v) is 2.81. The molecule has 0 aliphatic heterocycles. The fourth-order valence-corrected chi connectivity index (χ4v) is 0.848. The zero-order valence-corrected chi connectivity index (χ0v) is 4.83. The van der Waals surface area contributed by atoms with Crippen molar-refractivity contribution >= 4 is 18.0 Å². The summed E-state index contributed by atoms with van der Waals surface area (Å²) in [7, 11) is 0. The second-order valence-corrected chi connectivity index (χ2v) is 2.04. The number of fused-ring (bicyclic) bond motifs is 1. The molecule has 0 radical (unpaired) electrons. The fourth-order valence-electron chi connectivity index (χ4n) is 0.848. The summed E-state index contributed by atoms with van der Waals surface area (Å²) in [4.78, 5) is 4.05. The highest BCUT2D eigenvalue weighted by Gasteiger charge is 2.04. The number of anilines is 1. The van der Waals surface area contributed by atoms with Crippen LogP contribution in [0.4, 0.5) is 5.82 Å². The lowest BCUT2D eigenvalue weighted by atomic mass is 10.1. The Bertz CT molecular complexity index is 276. The summed E-state index contributed by atoms with van der Waals surface area (Å²) in [6.07, 6.45) is 3.97. The normalized spacial score (nSPS) is 12.4. The van der Waals surface area contributed by atoms with E-state index in [1.807, 2.05) is 24.3 Å². The molecule has 2 N–H and O–H groups in total. The summed E-state index contributed by atoms with van der Waals surface area (Å²) in [5.41, 5.74) is 7.61. The minimum Gasteiger partial charge on any atom is -0.384 e. The molecule has 2 rings (SSSR count). The zero-order chi connectivity index (χ0) is 6.27. The van der Waals surface area contributed by atoms with Crippen LogP contribution in [0, 0.1) is 0 Å². The van der Waals surface area contributed by atoms with E-state index < -0.39 is 0 Å². The van der Waals surface area contributed by atoms with Crippen molar-refractivity contribution in [1.29, 1.82) is 0 Å². The number of hydrogen-bond acceptors (Lipinski definition) is 2. The van der Waals surface area contributed by atoms with Crippen molar-refractivity contribution in [2.75, 3.05) is 5.73 Å². The SMILES string of the molecule is Nc1ccc2c(n1)C=C2. The molecule has 9 heavy (non-hydrogen) atoms. The molecule has 0 amide bonds. The van der Waals surface area contributed by atoms with Gasteiger partial charge in [0.25, 0.3) is 0 Å². The summed E-state index contributed by atoms with van der Waals surface area (Å²) in [6, 6.07) is 3.78. The molecule has 0 aromatic carbocycles. The first-order chi connectivity index (χ1) is 4.36. The third kappa shape index (κ3) is 0.528. The molecule has 0 saturated heterocycles. The molecule has 0 spiro atoms. The smallest absolute Gasteiger partial charge is 0.124 e. The molecule has 2 heteroatoms. The van der Waals surface area contributed by atoms with Crippen LogP contribution in [-0.4, -0.2) is 4.98 Å². The van der Waals surface area contributed by atoms with E-state index in [4.69, 9.17) is 5.73 Å². The highest BCUT2D eigenvalue weighted by molar-refractivity contribution is 5.83. The minimum absolute atomic E-state index is 0.595. The standard InChI is InChI=1S/C7H6N2/c8-7-4-2-5-1-3-6(5)9-7/h1-4H,(H2,8,9). The van der Waals surface area contributed by atoms with Crippen LogP contribution in [0.25, 0.3) is 12.2 Å². The predicted octanol–water partition coefficient (Wildman–Crippen LogP) is 1.15. The topological polar surface area (TPSA) is 38.9 Å². The van der Waals surface area contributed by atoms with E-state index in [0.717, 1.165) is 5.69 Å². The predicted molar refractivity (Wildman–Crippen MR) is 37.6 cm³/mol. The number of pyridine rings is 1. The van der Waals surface area contributed by atoms with Crippen LogP contribution in [0.3, 0.4) is 0 Å². The zero-order valence-electron chi connectivity index (χ0n) is 4.83. The van der Waals surface area contributed by atoms with Gasteiger partial charge in [-0.2, -0.15) is 0 Å². The Morgan fingerprint density at radius 3 is 2.56 bits per heavy atom. The van der Waals surface area contributed by atoms with Gasteiger partial charge in [0.05, 0.1) is 5.69 Å². The summed E-state index contributed by atoms with van der Waals surface area (Å²) < 4.78 is 0. The Hall–Kier alpha value is -1.31. The Labute approximate surface area is 53.0 Å². The van der Waals surface area contributed by atoms with Gasteiger partial charge < -0.3 is 5.73 Å². The van der Waals surface area contributed by atoms with Crippen molar-refractivity contribution in [3.63, 3.8) is 0 Å². The van der Waals surface area contributed by atoms with E-state index in [9.17, 15) is 0 Å². The van der Waals surface area contributed by atoms with E-state index in [1.165, 1.54) is 5.56 Å². The first kappa shape index (κ1) is 4.56. The molecule has 1 heterocycles. The number of nitrogens with two attached hydrogens (primary N) is 1. The molecule has 44 valence electrons. The van der Waals surface area contributed by atoms with E-state index in [2.05, 4.69) is 4.98 Å². The summed E-state index contributed by atoms with van der Waals surface area (Å²) in [6.45, 7) is 0. The highest BCUT2D eigenvalue weighted by Crippen LogP contribution is 2.21. The molecular formula is C7H6N2. The number of nitrogens with zero attached hydrogens (tertiary/aromatic N) is 1. The Kier molecular flexibility index (Phi) is 0.681. The van der Waals surface area contributed by atoms with Gasteiger partial charge in [0, 0.05) is 5.56 Å². The van der Waals surface area contributed by atoms with Gasteiger partial charge in [0.2, 0.25) is 0 Å². The highest BCUT2D eigenvalue weighted by atomic mass is 14.8. The Morgan fingerprint density at radius 2 is 2.11 bits per heavy atom. The van der Waals surface area contributed by atoms with E-state index >= 15 is 0 Å². The quantitative estimate of drug-likeness (QED) is 0.563. The minimum atomic E-state index is 0.595. The molecule has 1 aromatic rings. The first-order valence-electron chi connectivity index (χ1n) is 2.81. The third-order valence-electron chi connectivity index (χ3n) is 1.40. The van der Waals surface area contributed by atoms with Gasteiger partial charge in [-0.15, -0.1) is 0 Å². The molecule has 0 atom stereocenters. The Balaban J connectivity index is 2.63. The molecule has 1 aromatic heterocycles. The van der Waals surface area contributed by atoms with Gasteiger partial charge in [-0.05, 0) is 18.2 Å². The summed E-state index contributed by atoms with van der Waals surface area (Å²) >= 11 is 0. The van der Waals surface area contributed by atoms with Crippen molar-refractivity contribution in [3.8, 4) is 0 Å². The van der Waals surface area contributed by atoms with E-state index in [-0.39, 0.29) is 0 Å². The van der Waals surface area contributed by atoms with Crippen LogP contribution in [-0.2, 0) is 0 Å². The van der Waals surface area contributed by atoms with Gasteiger partial charge in [0.1, 0.15) is 5.82 Å². The molecule has 1 aliphatic carbocycles. The van der Waals surface area contributed by atoms with Crippen molar-refractivity contribution in [3.05, 3.63) is 23.4 Å². The molecule has 0 fully saturated rings. The van der Waals surface area contributed by atoms with Crippen molar-refractivity contribution < 1.29 is 0 Å². The number of rotatable bonds is 0. The molecular weight excluding hydrogens is 112 g/mol. The van der Waals surface area contributed by atoms with Crippen LogP contribution < -0.4 is 5.73 Å². The largest absolute Gasteiger partial charge is 0.384 e. The van der Waals surface area contributed by atoms with Gasteiger partial charge in [0.15, 0.2) is 0 Å². The maximum absolute atomic E-state index is 5.42. The second-order valence-electron chi connectivity index (χ2n) is 2.04. The van der Waals surface area contributed by atoms with Crippen LogP contribution in [0.1, 0.15) is 11.3 Å². The maximum atomic E-state index is 5.42. The van der Waals surface area contributed by atoms with Gasteiger partial charge in [-0.1, -0.05) is 6.08 Å². The van der Waals surface area contributed by atoms with Crippen molar-refractivity contribution in [1.82, 2.24) is 4.98 Å². The molecule has 0 unspecified atom stereocenters. The summed E-state index contributed by atoms with van der Waals surface area (Å²) in [5, 5.41) is 0. The maximum Gasteiger partial charge on any atom is 0.124 e. The molecule has 0 bridgehead atoms. The lowest BCUT2D eigenvalue weighted by molar-refractivity contribution is 1.28. The summed E-state index contributed by atoms with van der Waals surface area (Å²) in [5.74, 6) is 0.595. The van der Waals surface area contributed by atoms with Crippen LogP contribution in [0.2, 0.25) is 0 Å². The number of nitrogen functional groups attached to an aromatic ring is 1. The molecule has 1 aliphatic rings. The lowest BCUT2D eigenvalue weighted by Gasteiger charge is -2.07. The van der Waals surface area contributed by atoms with Gasteiger partial charge in [-0.25, -0.2) is 4.98 Å². The third-order valence-corrected chi connectivity index (χ3v) is 1.40. The number of hydrogen-bond donors (Lipinski definition) is 1. The average molecular weight is 118 g/mol. The fraction of sp³-hybridized carbons (Fsp3) is 0. The van der Waals surface area contributed by atoms with E-state index in [1.54, 1.807) is 0 Å². The van der Waals surface area contributed by atoms with Crippen molar-refractivity contribution in [2.45, 2.75) is 0 Å². The monoisotopic (exact) mass is 118 g/mol. The number of aromatic nitrogens is 1. The van der Waals surface area contributed by atoms with Crippen molar-refractivity contribution in [2.24, 2.45) is 0 Å². The average Bonchev–Trinajstić information content (AvgIpc) is 1.78.